The minimum absolute atomic E-state index is 0.0255. The first-order chi connectivity index (χ1) is 26.1. The molecule has 1 aliphatic rings. The standard InChI is InChI=1S/C41H56FN4O7P/c1-4-5-6-7-8-9-10-11-12-13-14-15-16-17-18-19-20-21-25-28-37(47)43-30-31-44-54(50,53-35-26-23-22-24-27-35)51-33-36-38(48)41(3,42)39(52-36)46-32-29-34(2)45-40(46)49/h5-6,8-9,11-12,14-15,17-18,20-24,26-27,29,32,36,38-39,48H,4,7,10,13,16,19,25,28,30-31,33H2,1-3H3,(H,43,47)(H,44,50). The minimum atomic E-state index is -4.11. The lowest BCUT2D eigenvalue weighted by atomic mass is 9.98. The van der Waals surface area contributed by atoms with E-state index in [0.717, 1.165) is 50.0 Å². The van der Waals surface area contributed by atoms with E-state index in [1.165, 1.54) is 12.3 Å². The molecule has 1 amide bonds. The van der Waals surface area contributed by atoms with Gasteiger partial charge in [0, 0.05) is 31.4 Å². The Morgan fingerprint density at radius 3 is 2.09 bits per heavy atom. The van der Waals surface area contributed by atoms with Crippen LogP contribution in [-0.2, 0) is 18.6 Å². The average Bonchev–Trinajstić information content (AvgIpc) is 3.37. The van der Waals surface area contributed by atoms with Gasteiger partial charge in [0.15, 0.2) is 11.9 Å². The van der Waals surface area contributed by atoms with Crippen LogP contribution in [0.15, 0.2) is 120 Å². The van der Waals surface area contributed by atoms with Crippen LogP contribution in [0.4, 0.5) is 4.39 Å². The Kier molecular flexibility index (Phi) is 19.9. The Morgan fingerprint density at radius 1 is 0.944 bits per heavy atom. The first kappa shape index (κ1) is 44.2. The highest BCUT2D eigenvalue weighted by molar-refractivity contribution is 7.52. The second kappa shape index (κ2) is 24.3. The normalized spacial score (nSPS) is 21.8. The first-order valence-electron chi connectivity index (χ1n) is 18.5. The number of aromatic nitrogens is 2. The molecule has 0 saturated carbocycles. The molecule has 0 bridgehead atoms. The number of benzene rings is 1. The van der Waals surface area contributed by atoms with Gasteiger partial charge in [-0.2, -0.15) is 4.98 Å². The number of aliphatic hydroxyl groups excluding tert-OH is 1. The number of aliphatic hydroxyl groups is 1. The molecule has 3 N–H and O–H groups in total. The molecular weight excluding hydrogens is 710 g/mol. The number of rotatable bonds is 24. The monoisotopic (exact) mass is 766 g/mol. The lowest BCUT2D eigenvalue weighted by Crippen LogP contribution is -2.43. The Bertz CT molecular complexity index is 1700. The zero-order valence-electron chi connectivity index (χ0n) is 31.6. The molecule has 1 saturated heterocycles. The quantitative estimate of drug-likeness (QED) is 0.0552. The van der Waals surface area contributed by atoms with Crippen LogP contribution in [0, 0.1) is 6.92 Å². The van der Waals surface area contributed by atoms with Crippen molar-refractivity contribution in [2.45, 2.75) is 96.2 Å². The molecule has 5 unspecified atom stereocenters. The van der Waals surface area contributed by atoms with E-state index in [9.17, 15) is 19.3 Å². The topological polar surface area (TPSA) is 141 Å². The summed E-state index contributed by atoms with van der Waals surface area (Å²) in [7, 11) is -4.11. The van der Waals surface area contributed by atoms with Gasteiger partial charge in [0.05, 0.1) is 6.61 Å². The molecule has 0 spiro atoms. The summed E-state index contributed by atoms with van der Waals surface area (Å²) in [6.07, 6.45) is 28.9. The highest BCUT2D eigenvalue weighted by Gasteiger charge is 2.55. The average molecular weight is 767 g/mol. The van der Waals surface area contributed by atoms with Crippen molar-refractivity contribution in [1.29, 1.82) is 0 Å². The summed E-state index contributed by atoms with van der Waals surface area (Å²) >= 11 is 0. The van der Waals surface area contributed by atoms with Gasteiger partial charge in [0.2, 0.25) is 5.91 Å². The van der Waals surface area contributed by atoms with E-state index in [0.29, 0.717) is 12.1 Å². The Balaban J connectivity index is 1.36. The Morgan fingerprint density at radius 2 is 1.52 bits per heavy atom. The van der Waals surface area contributed by atoms with Crippen molar-refractivity contribution in [3.05, 3.63) is 132 Å². The Labute approximate surface area is 319 Å². The van der Waals surface area contributed by atoms with E-state index < -0.39 is 44.1 Å². The molecule has 2 aromatic rings. The fraction of sp³-hybridized carbons (Fsp3) is 0.439. The molecule has 54 heavy (non-hydrogen) atoms. The number of allylic oxidation sites excluding steroid dienone is 12. The van der Waals surface area contributed by atoms with Crippen LogP contribution in [-0.4, -0.2) is 58.1 Å². The van der Waals surface area contributed by atoms with Crippen molar-refractivity contribution in [2.75, 3.05) is 19.7 Å². The zero-order chi connectivity index (χ0) is 39.1. The maximum absolute atomic E-state index is 15.7. The lowest BCUT2D eigenvalue weighted by Gasteiger charge is -2.25. The molecule has 3 rings (SSSR count). The summed E-state index contributed by atoms with van der Waals surface area (Å²) < 4.78 is 47.4. The fourth-order valence-electron chi connectivity index (χ4n) is 5.26. The second-order valence-corrected chi connectivity index (χ2v) is 14.5. The van der Waals surface area contributed by atoms with E-state index in [-0.39, 0.29) is 31.2 Å². The highest BCUT2D eigenvalue weighted by Crippen LogP contribution is 2.46. The third kappa shape index (κ3) is 16.0. The number of hydrogen-bond donors (Lipinski definition) is 3. The van der Waals surface area contributed by atoms with E-state index in [2.05, 4.69) is 83.1 Å². The van der Waals surface area contributed by atoms with Crippen LogP contribution in [0.3, 0.4) is 0 Å². The Hall–Kier alpha value is -4.19. The summed E-state index contributed by atoms with van der Waals surface area (Å²) in [5.41, 5.74) is -2.68. The van der Waals surface area contributed by atoms with Gasteiger partial charge in [-0.15, -0.1) is 0 Å². The number of nitrogens with one attached hydrogen (secondary N) is 2. The number of para-hydroxylation sites is 1. The summed E-state index contributed by atoms with van der Waals surface area (Å²) in [6.45, 7) is 4.49. The largest absolute Gasteiger partial charge is 0.458 e. The summed E-state index contributed by atoms with van der Waals surface area (Å²) in [5, 5.41) is 16.2. The number of aryl methyl sites for hydroxylation is 1. The maximum Gasteiger partial charge on any atom is 0.458 e. The molecule has 294 valence electrons. The molecule has 0 aliphatic carbocycles. The third-order valence-corrected chi connectivity index (χ3v) is 9.75. The van der Waals surface area contributed by atoms with Gasteiger partial charge < -0.3 is 19.7 Å². The van der Waals surface area contributed by atoms with Gasteiger partial charge in [-0.05, 0) is 77.0 Å². The van der Waals surface area contributed by atoms with Crippen LogP contribution < -0.4 is 20.6 Å². The van der Waals surface area contributed by atoms with Crippen LogP contribution in [0.5, 0.6) is 5.75 Å². The molecule has 1 aliphatic heterocycles. The first-order valence-corrected chi connectivity index (χ1v) is 20.1. The van der Waals surface area contributed by atoms with E-state index in [1.54, 1.807) is 37.3 Å². The van der Waals surface area contributed by atoms with Gasteiger partial charge in [-0.1, -0.05) is 98.0 Å². The molecular formula is C41H56FN4O7P. The van der Waals surface area contributed by atoms with E-state index in [4.69, 9.17) is 13.8 Å². The van der Waals surface area contributed by atoms with Crippen LogP contribution >= 0.6 is 7.75 Å². The lowest BCUT2D eigenvalue weighted by molar-refractivity contribution is -0.120. The van der Waals surface area contributed by atoms with Gasteiger partial charge in [-0.25, -0.2) is 18.8 Å². The number of ether oxygens (including phenoxy) is 1. The SMILES string of the molecule is CCC=CCC=CCC=CCC=CCC=CCC=CCCC(=O)NCCNP(=O)(OCC1OC(n2ccc(C)nc2=O)C(C)(F)C1O)Oc1ccccc1. The summed E-state index contributed by atoms with van der Waals surface area (Å²) in [4.78, 5) is 28.6. The van der Waals surface area contributed by atoms with Crippen molar-refractivity contribution in [1.82, 2.24) is 20.0 Å². The second-order valence-electron chi connectivity index (χ2n) is 12.8. The minimum Gasteiger partial charge on any atom is -0.413 e. The summed E-state index contributed by atoms with van der Waals surface area (Å²) in [6, 6.07) is 9.82. The molecule has 1 aromatic carbocycles. The number of amides is 1. The predicted molar refractivity (Wildman–Crippen MR) is 212 cm³/mol. The fourth-order valence-corrected chi connectivity index (χ4v) is 6.60. The number of carbonyl (C=O) groups is 1. The maximum atomic E-state index is 15.7. The molecule has 1 fully saturated rings. The summed E-state index contributed by atoms with van der Waals surface area (Å²) in [5.74, 6) is 0.0692. The van der Waals surface area contributed by atoms with Gasteiger partial charge in [0.25, 0.3) is 0 Å². The molecule has 0 radical (unpaired) electrons. The van der Waals surface area contributed by atoms with Crippen LogP contribution in [0.2, 0.25) is 0 Å². The van der Waals surface area contributed by atoms with Crippen LogP contribution in [0.25, 0.3) is 0 Å². The molecule has 11 nitrogen and oxygen atoms in total. The van der Waals surface area contributed by atoms with Crippen molar-refractivity contribution in [3.8, 4) is 5.75 Å². The number of nitrogens with zero attached hydrogens (tertiary/aromatic N) is 2. The number of halogens is 1. The van der Waals surface area contributed by atoms with Crippen molar-refractivity contribution < 1.29 is 32.6 Å². The molecule has 2 heterocycles. The van der Waals surface area contributed by atoms with Crippen molar-refractivity contribution in [3.63, 3.8) is 0 Å². The van der Waals surface area contributed by atoms with Gasteiger partial charge in [-0.3, -0.25) is 13.9 Å². The van der Waals surface area contributed by atoms with Crippen molar-refractivity contribution >= 4 is 13.7 Å². The van der Waals surface area contributed by atoms with E-state index in [1.807, 2.05) is 12.2 Å². The van der Waals surface area contributed by atoms with Crippen molar-refractivity contribution in [2.24, 2.45) is 0 Å². The number of hydrogen-bond acceptors (Lipinski definition) is 8. The highest BCUT2D eigenvalue weighted by atomic mass is 31.2. The molecule has 13 heteroatoms. The van der Waals surface area contributed by atoms with E-state index >= 15 is 4.39 Å². The predicted octanol–water partition coefficient (Wildman–Crippen LogP) is 7.93. The molecule has 1 aromatic heterocycles. The van der Waals surface area contributed by atoms with Crippen LogP contribution in [0.1, 0.15) is 77.1 Å². The van der Waals surface area contributed by atoms with Gasteiger partial charge >= 0.3 is 13.4 Å². The van der Waals surface area contributed by atoms with Gasteiger partial charge in [0.1, 0.15) is 18.0 Å². The third-order valence-electron chi connectivity index (χ3n) is 8.20. The number of carbonyl (C=O) groups excluding carboxylic acids is 1. The zero-order valence-corrected chi connectivity index (χ0v) is 32.5. The number of alkyl halides is 1. The molecule has 5 atom stereocenters. The smallest absolute Gasteiger partial charge is 0.413 e.